The van der Waals surface area contributed by atoms with Gasteiger partial charge in [0.15, 0.2) is 0 Å². The number of fused-ring (bicyclic) bond motifs is 2. The summed E-state index contributed by atoms with van der Waals surface area (Å²) in [5, 5.41) is 13.5. The number of nitrogens with one attached hydrogen (secondary N) is 2. The summed E-state index contributed by atoms with van der Waals surface area (Å²) in [7, 11) is 0. The predicted molar refractivity (Wildman–Crippen MR) is 110 cm³/mol. The molecule has 29 heavy (non-hydrogen) atoms. The van der Waals surface area contributed by atoms with Crippen molar-refractivity contribution in [3.05, 3.63) is 64.2 Å². The summed E-state index contributed by atoms with van der Waals surface area (Å²) in [5.74, 6) is -0.327. The van der Waals surface area contributed by atoms with E-state index in [-0.39, 0.29) is 23.4 Å². The summed E-state index contributed by atoms with van der Waals surface area (Å²) >= 11 is 6.45. The van der Waals surface area contributed by atoms with Crippen molar-refractivity contribution in [2.24, 2.45) is 11.8 Å². The summed E-state index contributed by atoms with van der Waals surface area (Å²) in [5.41, 5.74) is 1.82. The highest BCUT2D eigenvalue weighted by Gasteiger charge is 2.43. The molecular formula is C21H14ClN5O2. The molecule has 0 spiro atoms. The van der Waals surface area contributed by atoms with Crippen molar-refractivity contribution >= 4 is 45.1 Å². The maximum Gasteiger partial charge on any atom is 0.331 e. The fourth-order valence-electron chi connectivity index (χ4n) is 3.55. The Balaban J connectivity index is 1.58. The largest absolute Gasteiger partial charge is 0.331 e. The molecule has 1 amide bonds. The van der Waals surface area contributed by atoms with Gasteiger partial charge in [0, 0.05) is 11.6 Å². The zero-order valence-electron chi connectivity index (χ0n) is 15.0. The number of imidazole rings is 1. The molecule has 2 atom stereocenters. The molecular weight excluding hydrogens is 390 g/mol. The molecule has 142 valence electrons. The third-order valence-corrected chi connectivity index (χ3v) is 5.48. The van der Waals surface area contributed by atoms with Gasteiger partial charge in [0.2, 0.25) is 5.91 Å². The van der Waals surface area contributed by atoms with Gasteiger partial charge in [-0.15, -0.1) is 0 Å². The number of amides is 1. The second-order valence-electron chi connectivity index (χ2n) is 7.07. The van der Waals surface area contributed by atoms with Gasteiger partial charge in [0.25, 0.3) is 0 Å². The minimum atomic E-state index is -0.280. The third-order valence-electron chi connectivity index (χ3n) is 5.16. The molecule has 0 saturated heterocycles. The number of H-pyrrole nitrogens is 1. The van der Waals surface area contributed by atoms with E-state index in [0.717, 1.165) is 16.4 Å². The molecule has 2 aromatic carbocycles. The van der Waals surface area contributed by atoms with E-state index < -0.39 is 0 Å². The number of rotatable bonds is 3. The van der Waals surface area contributed by atoms with E-state index in [0.29, 0.717) is 28.3 Å². The highest BCUT2D eigenvalue weighted by atomic mass is 35.5. The zero-order valence-corrected chi connectivity index (χ0v) is 15.8. The van der Waals surface area contributed by atoms with Crippen molar-refractivity contribution in [2.45, 2.75) is 6.42 Å². The van der Waals surface area contributed by atoms with Crippen LogP contribution in [0.25, 0.3) is 27.5 Å². The number of nitriles is 1. The Kier molecular flexibility index (Phi) is 3.89. The van der Waals surface area contributed by atoms with Crippen LogP contribution in [0.2, 0.25) is 5.02 Å². The Morgan fingerprint density at radius 1 is 1.31 bits per heavy atom. The van der Waals surface area contributed by atoms with E-state index in [1.807, 2.05) is 30.3 Å². The summed E-state index contributed by atoms with van der Waals surface area (Å²) in [6.45, 7) is 0. The smallest absolute Gasteiger partial charge is 0.310 e. The molecule has 0 aliphatic heterocycles. The number of carbonyl (C=O) groups excluding carboxylic acids is 1. The molecule has 7 nitrogen and oxygen atoms in total. The van der Waals surface area contributed by atoms with E-state index in [4.69, 9.17) is 16.9 Å². The number of benzene rings is 2. The molecule has 0 bridgehead atoms. The van der Waals surface area contributed by atoms with E-state index in [2.05, 4.69) is 21.4 Å². The summed E-state index contributed by atoms with van der Waals surface area (Å²) in [4.78, 5) is 31.8. The third kappa shape index (κ3) is 2.94. The minimum absolute atomic E-state index is 0.210. The number of aromatic nitrogens is 3. The number of halogens is 1. The monoisotopic (exact) mass is 403 g/mol. The van der Waals surface area contributed by atoms with Gasteiger partial charge in [-0.3, -0.25) is 9.36 Å². The number of carbonyl (C=O) groups is 1. The van der Waals surface area contributed by atoms with Crippen LogP contribution < -0.4 is 11.0 Å². The fourth-order valence-corrected chi connectivity index (χ4v) is 3.82. The lowest BCUT2D eigenvalue weighted by molar-refractivity contribution is -0.117. The van der Waals surface area contributed by atoms with Gasteiger partial charge >= 0.3 is 5.69 Å². The van der Waals surface area contributed by atoms with Gasteiger partial charge in [0.1, 0.15) is 5.82 Å². The molecule has 4 aromatic rings. The van der Waals surface area contributed by atoms with Crippen molar-refractivity contribution in [3.63, 3.8) is 0 Å². The predicted octanol–water partition coefficient (Wildman–Crippen LogP) is 3.62. The van der Waals surface area contributed by atoms with Crippen LogP contribution in [-0.4, -0.2) is 20.4 Å². The summed E-state index contributed by atoms with van der Waals surface area (Å²) < 4.78 is 1.56. The highest BCUT2D eigenvalue weighted by Crippen LogP contribution is 2.38. The first-order valence-electron chi connectivity index (χ1n) is 9.05. The molecule has 1 fully saturated rings. The first-order chi connectivity index (χ1) is 14.0. The van der Waals surface area contributed by atoms with Crippen molar-refractivity contribution in [1.82, 2.24) is 14.5 Å². The molecule has 8 heteroatoms. The van der Waals surface area contributed by atoms with Gasteiger partial charge < -0.3 is 10.3 Å². The Hall–Kier alpha value is -3.63. The lowest BCUT2D eigenvalue weighted by atomic mass is 10.1. The Labute approximate surface area is 169 Å². The van der Waals surface area contributed by atoms with Gasteiger partial charge in [-0.05, 0) is 42.1 Å². The molecule has 2 aromatic heterocycles. The summed E-state index contributed by atoms with van der Waals surface area (Å²) in [6, 6.07) is 14.8. The first kappa shape index (κ1) is 17.5. The molecule has 2 heterocycles. The molecule has 2 N–H and O–H groups in total. The Morgan fingerprint density at radius 3 is 2.93 bits per heavy atom. The van der Waals surface area contributed by atoms with Crippen LogP contribution in [0.3, 0.4) is 0 Å². The number of aromatic amines is 1. The standard InChI is InChI=1S/C21H14ClN5O2/c22-16-8-13(27-18-4-2-1-3-17(18)25-21(27)29)5-11-7-19(24-10-15(11)16)26-20(28)14-6-12(14)9-23/h1-5,7-8,10,12,14H,6H2,(H,25,29)(H,24,26,28)/t12-,14+/m1/s1. The molecule has 0 unspecified atom stereocenters. The van der Waals surface area contributed by atoms with E-state index in [9.17, 15) is 9.59 Å². The highest BCUT2D eigenvalue weighted by molar-refractivity contribution is 6.35. The first-order valence-corrected chi connectivity index (χ1v) is 9.43. The number of nitrogens with zero attached hydrogens (tertiary/aromatic N) is 3. The van der Waals surface area contributed by atoms with Gasteiger partial charge in [-0.25, -0.2) is 9.78 Å². The Bertz CT molecular complexity index is 1400. The molecule has 1 aliphatic rings. The number of para-hydroxylation sites is 2. The maximum atomic E-state index is 12.5. The number of hydrogen-bond donors (Lipinski definition) is 2. The molecule has 1 aliphatic carbocycles. The van der Waals surface area contributed by atoms with Crippen molar-refractivity contribution in [1.29, 1.82) is 5.26 Å². The number of pyridine rings is 1. The van der Waals surface area contributed by atoms with Crippen LogP contribution in [0.4, 0.5) is 5.82 Å². The molecule has 1 saturated carbocycles. The van der Waals surface area contributed by atoms with Gasteiger partial charge in [-0.1, -0.05) is 23.7 Å². The zero-order chi connectivity index (χ0) is 20.1. The Morgan fingerprint density at radius 2 is 2.14 bits per heavy atom. The lowest BCUT2D eigenvalue weighted by Crippen LogP contribution is -2.16. The van der Waals surface area contributed by atoms with E-state index >= 15 is 0 Å². The average Bonchev–Trinajstić information content (AvgIpc) is 3.42. The van der Waals surface area contributed by atoms with Crippen LogP contribution in [-0.2, 0) is 4.79 Å². The van der Waals surface area contributed by atoms with Crippen molar-refractivity contribution in [2.75, 3.05) is 5.32 Å². The minimum Gasteiger partial charge on any atom is -0.310 e. The van der Waals surface area contributed by atoms with E-state index in [1.165, 1.54) is 0 Å². The quantitative estimate of drug-likeness (QED) is 0.545. The SMILES string of the molecule is N#C[C@H]1C[C@@H]1C(=O)Nc1cc2cc(-n3c(=O)[nH]c4ccccc43)cc(Cl)c2cn1. The number of anilines is 1. The maximum absolute atomic E-state index is 12.5. The second-order valence-corrected chi connectivity index (χ2v) is 7.48. The summed E-state index contributed by atoms with van der Waals surface area (Å²) in [6.07, 6.45) is 2.17. The normalized spacial score (nSPS) is 17.9. The second kappa shape index (κ2) is 6.47. The van der Waals surface area contributed by atoms with Crippen LogP contribution in [0, 0.1) is 23.2 Å². The van der Waals surface area contributed by atoms with Gasteiger partial charge in [-0.2, -0.15) is 5.26 Å². The van der Waals surface area contributed by atoms with Crippen LogP contribution in [0.5, 0.6) is 0 Å². The van der Waals surface area contributed by atoms with Crippen LogP contribution in [0.15, 0.2) is 53.5 Å². The fraction of sp³-hybridized carbons (Fsp3) is 0.143. The molecule has 0 radical (unpaired) electrons. The lowest BCUT2D eigenvalue weighted by Gasteiger charge is -2.09. The number of hydrogen-bond acceptors (Lipinski definition) is 4. The van der Waals surface area contributed by atoms with Crippen LogP contribution in [0.1, 0.15) is 6.42 Å². The average molecular weight is 404 g/mol. The van der Waals surface area contributed by atoms with Crippen LogP contribution >= 0.6 is 11.6 Å². The topological polar surface area (TPSA) is 104 Å². The van der Waals surface area contributed by atoms with E-state index in [1.54, 1.807) is 22.9 Å². The molecule has 5 rings (SSSR count). The van der Waals surface area contributed by atoms with Gasteiger partial charge in [0.05, 0.1) is 39.6 Å². The van der Waals surface area contributed by atoms with Crippen molar-refractivity contribution in [3.8, 4) is 11.8 Å². The van der Waals surface area contributed by atoms with Crippen molar-refractivity contribution < 1.29 is 4.79 Å².